The van der Waals surface area contributed by atoms with Gasteiger partial charge in [-0.15, -0.1) is 11.3 Å². The molecule has 0 radical (unpaired) electrons. The molecule has 2 aliphatic heterocycles. The van der Waals surface area contributed by atoms with E-state index in [1.165, 1.54) is 24.5 Å². The summed E-state index contributed by atoms with van der Waals surface area (Å²) in [5, 5.41) is 14.2. The highest BCUT2D eigenvalue weighted by Gasteiger charge is 2.38. The van der Waals surface area contributed by atoms with Crippen LogP contribution in [0, 0.1) is 17.6 Å². The molecule has 0 aliphatic carbocycles. The zero-order valence-corrected chi connectivity index (χ0v) is 21.4. The quantitative estimate of drug-likeness (QED) is 0.335. The number of methoxy groups -OCH3 is 1. The molecule has 4 heterocycles. The van der Waals surface area contributed by atoms with Crippen molar-refractivity contribution in [2.75, 3.05) is 25.1 Å². The minimum Gasteiger partial charge on any atom is -0.476 e. The van der Waals surface area contributed by atoms with Gasteiger partial charge in [0.25, 0.3) is 6.01 Å². The Hall–Kier alpha value is -3.84. The smallest absolute Gasteiger partial charge is 0.357 e. The number of benzene rings is 1. The number of allylic oxidation sites excluding steroid dienone is 1. The molecule has 1 fully saturated rings. The summed E-state index contributed by atoms with van der Waals surface area (Å²) in [4.78, 5) is 39.0. The first kappa shape index (κ1) is 25.8. The second-order valence-electron chi connectivity index (χ2n) is 8.51. The van der Waals surface area contributed by atoms with Gasteiger partial charge in [-0.05, 0) is 18.9 Å². The van der Waals surface area contributed by atoms with E-state index in [0.29, 0.717) is 42.5 Å². The number of hydrogen-bond donors (Lipinski definition) is 2. The van der Waals surface area contributed by atoms with E-state index in [1.54, 1.807) is 11.6 Å². The molecular weight excluding hydrogens is 544 g/mol. The molecule has 2 aliphatic rings. The maximum atomic E-state index is 14.5. The standard InChI is InChI=1S/C24H20ClF2N5O5S/c1-36-23(35)15-18(11-4-7-32(8-5-11)24-29-14(10-37-24)22(33)34)30-20(21-28-6-9-38-21)31-19(15)12-2-3-13(26)17(27)16(12)25/h2-3,6,9-11,19H,4-5,7-8H2,1H3,(H,30,31)(H,33,34). The number of esters is 1. The number of piperidine rings is 1. The first-order chi connectivity index (χ1) is 18.3. The third-order valence-electron chi connectivity index (χ3n) is 6.36. The van der Waals surface area contributed by atoms with E-state index in [9.17, 15) is 18.4 Å². The Balaban J connectivity index is 1.53. The van der Waals surface area contributed by atoms with E-state index in [-0.39, 0.29) is 28.8 Å². The van der Waals surface area contributed by atoms with Crippen LogP contribution in [0.3, 0.4) is 0 Å². The summed E-state index contributed by atoms with van der Waals surface area (Å²) in [6, 6.07) is 1.34. The molecule has 10 nitrogen and oxygen atoms in total. The van der Waals surface area contributed by atoms with Crippen LogP contribution in [0.15, 0.2) is 50.7 Å². The predicted octanol–water partition coefficient (Wildman–Crippen LogP) is 4.20. The number of aromatic nitrogens is 2. The highest BCUT2D eigenvalue weighted by molar-refractivity contribution is 7.11. The molecule has 1 atom stereocenters. The molecule has 198 valence electrons. The lowest BCUT2D eigenvalue weighted by molar-refractivity contribution is -0.136. The number of nitrogens with zero attached hydrogens (tertiary/aromatic N) is 4. The lowest BCUT2D eigenvalue weighted by Gasteiger charge is -2.36. The van der Waals surface area contributed by atoms with Crippen molar-refractivity contribution in [2.24, 2.45) is 10.9 Å². The SMILES string of the molecule is COC(=O)C1=C(C2CCN(c3nc(C(=O)O)co3)CC2)NC(c2nccs2)=NC1c1ccc(F)c(F)c1Cl. The summed E-state index contributed by atoms with van der Waals surface area (Å²) in [6.07, 6.45) is 3.73. The van der Waals surface area contributed by atoms with Crippen LogP contribution < -0.4 is 10.2 Å². The van der Waals surface area contributed by atoms with Gasteiger partial charge in [0, 0.05) is 41.8 Å². The molecule has 1 aromatic carbocycles. The number of carboxylic acid groups (broad SMARTS) is 1. The monoisotopic (exact) mass is 563 g/mol. The average Bonchev–Trinajstić information content (AvgIpc) is 3.64. The van der Waals surface area contributed by atoms with Gasteiger partial charge in [0.15, 0.2) is 28.2 Å². The van der Waals surface area contributed by atoms with Crippen LogP contribution in [0.4, 0.5) is 14.8 Å². The summed E-state index contributed by atoms with van der Waals surface area (Å²) in [7, 11) is 1.22. The van der Waals surface area contributed by atoms with Gasteiger partial charge in [0.2, 0.25) is 0 Å². The highest BCUT2D eigenvalue weighted by atomic mass is 35.5. The molecular formula is C24H20ClF2N5O5S. The number of ether oxygens (including phenoxy) is 1. The van der Waals surface area contributed by atoms with Gasteiger partial charge in [-0.1, -0.05) is 17.7 Å². The van der Waals surface area contributed by atoms with Crippen molar-refractivity contribution in [3.63, 3.8) is 0 Å². The van der Waals surface area contributed by atoms with Gasteiger partial charge in [-0.3, -0.25) is 4.99 Å². The van der Waals surface area contributed by atoms with Crippen LogP contribution in [-0.4, -0.2) is 53.0 Å². The Morgan fingerprint density at radius 2 is 2.05 bits per heavy atom. The minimum atomic E-state index is -1.24. The Bertz CT molecular complexity index is 1450. The largest absolute Gasteiger partial charge is 0.476 e. The van der Waals surface area contributed by atoms with E-state index in [2.05, 4.69) is 20.3 Å². The van der Waals surface area contributed by atoms with E-state index >= 15 is 0 Å². The van der Waals surface area contributed by atoms with Gasteiger partial charge >= 0.3 is 11.9 Å². The van der Waals surface area contributed by atoms with Crippen LogP contribution in [0.5, 0.6) is 0 Å². The highest BCUT2D eigenvalue weighted by Crippen LogP contribution is 2.41. The number of rotatable bonds is 6. The number of thiazole rings is 1. The van der Waals surface area contributed by atoms with Crippen LogP contribution in [-0.2, 0) is 9.53 Å². The average molecular weight is 564 g/mol. The molecule has 1 unspecified atom stereocenters. The Kier molecular flexibility index (Phi) is 7.13. The van der Waals surface area contributed by atoms with Crippen molar-refractivity contribution in [2.45, 2.75) is 18.9 Å². The maximum absolute atomic E-state index is 14.5. The summed E-state index contributed by atoms with van der Waals surface area (Å²) < 4.78 is 38.7. The van der Waals surface area contributed by atoms with E-state index in [4.69, 9.17) is 25.9 Å². The van der Waals surface area contributed by atoms with Crippen molar-refractivity contribution >= 4 is 46.7 Å². The number of amidine groups is 1. The predicted molar refractivity (Wildman–Crippen MR) is 133 cm³/mol. The van der Waals surface area contributed by atoms with Crippen molar-refractivity contribution in [3.05, 3.63) is 74.2 Å². The summed E-state index contributed by atoms with van der Waals surface area (Å²) in [5.74, 6) is -4.09. The molecule has 2 N–H and O–H groups in total. The van der Waals surface area contributed by atoms with E-state index < -0.39 is 34.6 Å². The number of carbonyl (C=O) groups excluding carboxylic acids is 1. The summed E-state index contributed by atoms with van der Waals surface area (Å²) in [6.45, 7) is 0.897. The zero-order chi connectivity index (χ0) is 27.0. The molecule has 2 aromatic heterocycles. The number of aromatic carboxylic acids is 1. The number of nitrogens with one attached hydrogen (secondary N) is 1. The molecule has 38 heavy (non-hydrogen) atoms. The Morgan fingerprint density at radius 3 is 2.68 bits per heavy atom. The number of carboxylic acids is 1. The Morgan fingerprint density at radius 1 is 1.29 bits per heavy atom. The van der Waals surface area contributed by atoms with E-state index in [1.807, 2.05) is 4.90 Å². The van der Waals surface area contributed by atoms with Crippen LogP contribution >= 0.6 is 22.9 Å². The fourth-order valence-electron chi connectivity index (χ4n) is 4.51. The number of hydrogen-bond acceptors (Lipinski definition) is 10. The van der Waals surface area contributed by atoms with E-state index in [0.717, 1.165) is 12.3 Å². The molecule has 14 heteroatoms. The molecule has 0 bridgehead atoms. The molecule has 0 amide bonds. The number of oxazole rings is 1. The normalized spacial score (nSPS) is 18.3. The van der Waals surface area contributed by atoms with Crippen molar-refractivity contribution < 1.29 is 32.6 Å². The number of carbonyl (C=O) groups is 2. The van der Waals surface area contributed by atoms with Crippen LogP contribution in [0.1, 0.15) is 39.9 Å². The maximum Gasteiger partial charge on any atom is 0.357 e. The Labute approximate surface area is 223 Å². The van der Waals surface area contributed by atoms with Crippen LogP contribution in [0.2, 0.25) is 5.02 Å². The van der Waals surface area contributed by atoms with Crippen LogP contribution in [0.25, 0.3) is 0 Å². The summed E-state index contributed by atoms with van der Waals surface area (Å²) >= 11 is 7.52. The van der Waals surface area contributed by atoms with Gasteiger partial charge in [-0.2, -0.15) is 4.98 Å². The van der Waals surface area contributed by atoms with Crippen molar-refractivity contribution in [1.29, 1.82) is 0 Å². The number of halogens is 3. The zero-order valence-electron chi connectivity index (χ0n) is 19.8. The third-order valence-corrected chi connectivity index (χ3v) is 7.52. The molecule has 0 saturated carbocycles. The molecule has 3 aromatic rings. The fourth-order valence-corrected chi connectivity index (χ4v) is 5.36. The first-order valence-corrected chi connectivity index (χ1v) is 12.7. The summed E-state index contributed by atoms with van der Waals surface area (Å²) in [5.41, 5.74) is 0.560. The number of aliphatic imine (C=N–C) groups is 1. The van der Waals surface area contributed by atoms with Gasteiger partial charge in [0.05, 0.1) is 17.7 Å². The molecule has 5 rings (SSSR count). The van der Waals surface area contributed by atoms with Crippen molar-refractivity contribution in [1.82, 2.24) is 15.3 Å². The fraction of sp³-hybridized carbons (Fsp3) is 0.292. The topological polar surface area (TPSA) is 130 Å². The molecule has 1 saturated heterocycles. The molecule has 0 spiro atoms. The lowest BCUT2D eigenvalue weighted by atomic mass is 9.85. The van der Waals surface area contributed by atoms with Crippen molar-refractivity contribution in [3.8, 4) is 0 Å². The third kappa shape index (κ3) is 4.74. The van der Waals surface area contributed by atoms with Gasteiger partial charge in [-0.25, -0.2) is 23.4 Å². The lowest BCUT2D eigenvalue weighted by Crippen LogP contribution is -2.41. The number of anilines is 1. The second-order valence-corrected chi connectivity index (χ2v) is 9.78. The first-order valence-electron chi connectivity index (χ1n) is 11.4. The minimum absolute atomic E-state index is 0.109. The second kappa shape index (κ2) is 10.5. The van der Waals surface area contributed by atoms with Gasteiger partial charge < -0.3 is 24.5 Å². The van der Waals surface area contributed by atoms with Gasteiger partial charge in [0.1, 0.15) is 12.3 Å².